The molecule has 0 saturated heterocycles. The quantitative estimate of drug-likeness (QED) is 0.468. The van der Waals surface area contributed by atoms with Crippen LogP contribution < -0.4 is 14.3 Å². The smallest absolute Gasteiger partial charge is 0.291 e. The van der Waals surface area contributed by atoms with Gasteiger partial charge in [-0.2, -0.15) is 4.99 Å². The van der Waals surface area contributed by atoms with Crippen molar-refractivity contribution >= 4 is 60.5 Å². The average molecular weight is 403 g/mol. The molecular weight excluding hydrogens is 392 g/mol. The lowest BCUT2D eigenvalue weighted by Crippen LogP contribution is -2.12. The molecule has 0 fully saturated rings. The zero-order valence-electron chi connectivity index (χ0n) is 13.5. The van der Waals surface area contributed by atoms with E-state index in [4.69, 9.17) is 21.1 Å². The van der Waals surface area contributed by atoms with Crippen LogP contribution in [0.5, 0.6) is 11.5 Å². The normalized spacial score (nSPS) is 13.8. The fraction of sp³-hybridized carbons (Fsp3) is 0.111. The Morgan fingerprint density at radius 3 is 2.73 bits per heavy atom. The molecule has 5 nitrogen and oxygen atoms in total. The van der Waals surface area contributed by atoms with Gasteiger partial charge in [0.2, 0.25) is 6.79 Å². The Hall–Kier alpha value is -2.35. The third-order valence-electron chi connectivity index (χ3n) is 4.23. The van der Waals surface area contributed by atoms with Gasteiger partial charge in [0.1, 0.15) is 4.88 Å². The first kappa shape index (κ1) is 15.9. The van der Waals surface area contributed by atoms with Crippen molar-refractivity contribution in [1.29, 1.82) is 0 Å². The number of thiophene rings is 1. The molecule has 0 saturated carbocycles. The zero-order valence-corrected chi connectivity index (χ0v) is 15.9. The number of aryl methyl sites for hydroxylation is 1. The Balaban J connectivity index is 1.64. The SMILES string of the molecule is Cn1c(=NC(=O)c2sc3ccccc3c2Cl)sc2cc3c(cc21)OCO3. The van der Waals surface area contributed by atoms with Crippen LogP contribution in [0.25, 0.3) is 20.3 Å². The summed E-state index contributed by atoms with van der Waals surface area (Å²) in [6.07, 6.45) is 0. The summed E-state index contributed by atoms with van der Waals surface area (Å²) in [5.74, 6) is 1.08. The summed E-state index contributed by atoms with van der Waals surface area (Å²) >= 11 is 9.19. The van der Waals surface area contributed by atoms with Crippen LogP contribution in [0, 0.1) is 0 Å². The fourth-order valence-electron chi connectivity index (χ4n) is 2.91. The van der Waals surface area contributed by atoms with Crippen LogP contribution in [0.3, 0.4) is 0 Å². The van der Waals surface area contributed by atoms with Crippen molar-refractivity contribution < 1.29 is 14.3 Å². The van der Waals surface area contributed by atoms with Gasteiger partial charge in [-0.15, -0.1) is 11.3 Å². The molecule has 0 atom stereocenters. The van der Waals surface area contributed by atoms with Crippen molar-refractivity contribution in [1.82, 2.24) is 4.57 Å². The third-order valence-corrected chi connectivity index (χ3v) is 6.99. The highest BCUT2D eigenvalue weighted by Gasteiger charge is 2.19. The number of aromatic nitrogens is 1. The predicted octanol–water partition coefficient (Wildman–Crippen LogP) is 4.58. The van der Waals surface area contributed by atoms with E-state index in [0.717, 1.165) is 20.3 Å². The number of ether oxygens (including phenoxy) is 2. The minimum absolute atomic E-state index is 0.233. The summed E-state index contributed by atoms with van der Waals surface area (Å²) in [6, 6.07) is 11.5. The number of thiazole rings is 1. The summed E-state index contributed by atoms with van der Waals surface area (Å²) in [7, 11) is 1.87. The summed E-state index contributed by atoms with van der Waals surface area (Å²) in [6.45, 7) is 0.233. The summed E-state index contributed by atoms with van der Waals surface area (Å²) < 4.78 is 14.7. The number of rotatable bonds is 1. The Kier molecular flexibility index (Phi) is 3.56. The Morgan fingerprint density at radius 1 is 1.15 bits per heavy atom. The van der Waals surface area contributed by atoms with Gasteiger partial charge in [-0.1, -0.05) is 41.1 Å². The van der Waals surface area contributed by atoms with Gasteiger partial charge in [-0.3, -0.25) is 4.79 Å². The largest absolute Gasteiger partial charge is 0.454 e. The lowest BCUT2D eigenvalue weighted by atomic mass is 10.2. The number of amides is 1. The summed E-state index contributed by atoms with van der Waals surface area (Å²) in [5, 5.41) is 1.34. The van der Waals surface area contributed by atoms with E-state index in [1.54, 1.807) is 0 Å². The Labute approximate surface area is 160 Å². The molecule has 0 aliphatic carbocycles. The number of hydrogen-bond acceptors (Lipinski definition) is 5. The lowest BCUT2D eigenvalue weighted by molar-refractivity contribution is 0.100. The molecule has 0 spiro atoms. The highest BCUT2D eigenvalue weighted by molar-refractivity contribution is 7.21. The number of carbonyl (C=O) groups is 1. The standard InChI is InChI=1S/C18H11ClN2O3S2/c1-21-10-6-11-12(24-8-23-11)7-14(10)26-18(21)20-17(22)16-15(19)9-4-2-3-5-13(9)25-16/h2-7H,8H2,1H3. The van der Waals surface area contributed by atoms with Crippen LogP contribution in [-0.4, -0.2) is 17.3 Å². The Morgan fingerprint density at radius 2 is 1.92 bits per heavy atom. The first-order chi connectivity index (χ1) is 12.6. The van der Waals surface area contributed by atoms with Crippen molar-refractivity contribution in [3.63, 3.8) is 0 Å². The van der Waals surface area contributed by atoms with E-state index in [-0.39, 0.29) is 12.7 Å². The van der Waals surface area contributed by atoms with Gasteiger partial charge in [0.15, 0.2) is 16.3 Å². The van der Waals surface area contributed by atoms with Gasteiger partial charge >= 0.3 is 0 Å². The number of nitrogens with zero attached hydrogens (tertiary/aromatic N) is 2. The predicted molar refractivity (Wildman–Crippen MR) is 104 cm³/mol. The van der Waals surface area contributed by atoms with Gasteiger partial charge in [0.05, 0.1) is 15.2 Å². The van der Waals surface area contributed by atoms with Crippen LogP contribution >= 0.6 is 34.3 Å². The first-order valence-electron chi connectivity index (χ1n) is 7.77. The first-order valence-corrected chi connectivity index (χ1v) is 9.78. The molecule has 2 aromatic carbocycles. The van der Waals surface area contributed by atoms with Gasteiger partial charge in [-0.25, -0.2) is 0 Å². The molecular formula is C18H11ClN2O3S2. The minimum Gasteiger partial charge on any atom is -0.454 e. The van der Waals surface area contributed by atoms with Crippen molar-refractivity contribution in [2.75, 3.05) is 6.79 Å². The zero-order chi connectivity index (χ0) is 17.8. The van der Waals surface area contributed by atoms with Crippen molar-refractivity contribution in [2.24, 2.45) is 12.0 Å². The van der Waals surface area contributed by atoms with Crippen molar-refractivity contribution in [2.45, 2.75) is 0 Å². The maximum Gasteiger partial charge on any atom is 0.291 e. The van der Waals surface area contributed by atoms with E-state index < -0.39 is 0 Å². The summed E-state index contributed by atoms with van der Waals surface area (Å²) in [5.41, 5.74) is 0.938. The molecule has 2 aromatic heterocycles. The van der Waals surface area contributed by atoms with E-state index in [0.29, 0.717) is 26.2 Å². The molecule has 0 unspecified atom stereocenters. The highest BCUT2D eigenvalue weighted by atomic mass is 35.5. The molecule has 26 heavy (non-hydrogen) atoms. The van der Waals surface area contributed by atoms with Crippen LogP contribution in [0.4, 0.5) is 0 Å². The molecule has 1 amide bonds. The Bertz CT molecular complexity index is 1270. The number of fused-ring (bicyclic) bond motifs is 3. The monoisotopic (exact) mass is 402 g/mol. The third kappa shape index (κ3) is 2.35. The number of carbonyl (C=O) groups excluding carboxylic acids is 1. The molecule has 0 radical (unpaired) electrons. The van der Waals surface area contributed by atoms with E-state index in [1.807, 2.05) is 48.0 Å². The van der Waals surface area contributed by atoms with Crippen LogP contribution in [0.1, 0.15) is 9.67 Å². The second-order valence-electron chi connectivity index (χ2n) is 5.78. The molecule has 3 heterocycles. The minimum atomic E-state index is -0.335. The maximum atomic E-state index is 12.7. The number of halogens is 1. The van der Waals surface area contributed by atoms with E-state index in [1.165, 1.54) is 22.7 Å². The second-order valence-corrected chi connectivity index (χ2v) is 8.21. The number of benzene rings is 2. The van der Waals surface area contributed by atoms with E-state index in [2.05, 4.69) is 4.99 Å². The van der Waals surface area contributed by atoms with Crippen LogP contribution in [0.15, 0.2) is 41.4 Å². The van der Waals surface area contributed by atoms with Gasteiger partial charge < -0.3 is 14.0 Å². The molecule has 130 valence electrons. The van der Waals surface area contributed by atoms with E-state index in [9.17, 15) is 4.79 Å². The number of hydrogen-bond donors (Lipinski definition) is 0. The van der Waals surface area contributed by atoms with E-state index >= 15 is 0 Å². The molecule has 5 rings (SSSR count). The van der Waals surface area contributed by atoms with Gasteiger partial charge in [-0.05, 0) is 6.07 Å². The topological polar surface area (TPSA) is 52.8 Å². The molecule has 4 aromatic rings. The average Bonchev–Trinajstić information content (AvgIpc) is 3.31. The maximum absolute atomic E-state index is 12.7. The summed E-state index contributed by atoms with van der Waals surface area (Å²) in [4.78, 5) is 18.1. The van der Waals surface area contributed by atoms with Crippen LogP contribution in [0.2, 0.25) is 5.02 Å². The van der Waals surface area contributed by atoms with Crippen LogP contribution in [-0.2, 0) is 7.05 Å². The fourth-order valence-corrected chi connectivity index (χ4v) is 5.34. The van der Waals surface area contributed by atoms with Crippen molar-refractivity contribution in [3.05, 3.63) is 51.1 Å². The lowest BCUT2D eigenvalue weighted by Gasteiger charge is -1.98. The molecule has 1 aliphatic rings. The van der Waals surface area contributed by atoms with Gasteiger partial charge in [0, 0.05) is 29.3 Å². The second kappa shape index (κ2) is 5.84. The molecule has 0 N–H and O–H groups in total. The molecule has 1 aliphatic heterocycles. The van der Waals surface area contributed by atoms with Crippen molar-refractivity contribution in [3.8, 4) is 11.5 Å². The molecule has 0 bridgehead atoms. The van der Waals surface area contributed by atoms with Gasteiger partial charge in [0.25, 0.3) is 5.91 Å². The molecule has 8 heteroatoms. The highest BCUT2D eigenvalue weighted by Crippen LogP contribution is 2.37.